The number of aryl methyl sites for hydroxylation is 1. The molecule has 0 bridgehead atoms. The van der Waals surface area contributed by atoms with Crippen LogP contribution in [-0.4, -0.2) is 36.3 Å². The number of nitrogens with two attached hydrogens (primary N) is 1. The molecular formula is C12H21N5O. The Labute approximate surface area is 108 Å². The van der Waals surface area contributed by atoms with Crippen molar-refractivity contribution >= 4 is 11.8 Å². The van der Waals surface area contributed by atoms with Crippen molar-refractivity contribution in [3.63, 3.8) is 0 Å². The molecule has 0 spiro atoms. The van der Waals surface area contributed by atoms with Crippen molar-refractivity contribution in [3.8, 4) is 0 Å². The van der Waals surface area contributed by atoms with Gasteiger partial charge in [-0.3, -0.25) is 5.43 Å². The third kappa shape index (κ3) is 2.54. The number of nitrogens with zero attached hydrogens (tertiary/aromatic N) is 3. The average molecular weight is 251 g/mol. The number of hydrazine groups is 1. The number of ether oxygens (including phenoxy) is 1. The minimum Gasteiger partial charge on any atom is -0.379 e. The fourth-order valence-corrected chi connectivity index (χ4v) is 2.36. The molecule has 1 saturated heterocycles. The number of rotatable bonds is 3. The zero-order valence-electron chi connectivity index (χ0n) is 11.2. The van der Waals surface area contributed by atoms with Crippen LogP contribution in [-0.2, 0) is 4.74 Å². The van der Waals surface area contributed by atoms with Gasteiger partial charge in [0.2, 0.25) is 5.95 Å². The van der Waals surface area contributed by atoms with Gasteiger partial charge in [-0.25, -0.2) is 10.8 Å². The molecule has 1 fully saturated rings. The molecule has 1 aliphatic rings. The first-order chi connectivity index (χ1) is 8.65. The summed E-state index contributed by atoms with van der Waals surface area (Å²) >= 11 is 0. The van der Waals surface area contributed by atoms with Crippen LogP contribution in [0.2, 0.25) is 0 Å². The molecule has 0 aliphatic carbocycles. The summed E-state index contributed by atoms with van der Waals surface area (Å²) in [4.78, 5) is 10.8. The first kappa shape index (κ1) is 13.0. The molecule has 0 radical (unpaired) electrons. The van der Waals surface area contributed by atoms with Gasteiger partial charge in [0.25, 0.3) is 0 Å². The van der Waals surface area contributed by atoms with E-state index in [0.29, 0.717) is 11.9 Å². The van der Waals surface area contributed by atoms with Gasteiger partial charge in [-0.2, -0.15) is 4.98 Å². The number of nitrogen functional groups attached to an aromatic ring is 1. The number of nitrogens with one attached hydrogen (secondary N) is 1. The van der Waals surface area contributed by atoms with E-state index in [2.05, 4.69) is 27.2 Å². The molecule has 2 unspecified atom stereocenters. The molecule has 0 aromatic carbocycles. The van der Waals surface area contributed by atoms with Crippen molar-refractivity contribution in [1.29, 1.82) is 0 Å². The summed E-state index contributed by atoms with van der Waals surface area (Å²) in [5.41, 5.74) is 3.54. The van der Waals surface area contributed by atoms with Gasteiger partial charge in [0, 0.05) is 32.0 Å². The predicted octanol–water partition coefficient (Wildman–Crippen LogP) is 0.932. The SMILES string of the molecule is COC1CN(c2nc(NN)ncc2C)CCC1C. The maximum absolute atomic E-state index is 5.53. The van der Waals surface area contributed by atoms with Gasteiger partial charge in [0.05, 0.1) is 6.10 Å². The van der Waals surface area contributed by atoms with E-state index in [4.69, 9.17) is 10.6 Å². The van der Waals surface area contributed by atoms with Crippen molar-refractivity contribution in [2.24, 2.45) is 11.8 Å². The zero-order chi connectivity index (χ0) is 13.1. The molecular weight excluding hydrogens is 230 g/mol. The zero-order valence-corrected chi connectivity index (χ0v) is 11.2. The Kier molecular flexibility index (Phi) is 3.98. The second kappa shape index (κ2) is 5.49. The molecule has 1 aromatic heterocycles. The topological polar surface area (TPSA) is 76.3 Å². The van der Waals surface area contributed by atoms with Gasteiger partial charge in [0.15, 0.2) is 0 Å². The molecule has 2 rings (SSSR count). The first-order valence-electron chi connectivity index (χ1n) is 6.23. The Bertz CT molecular complexity index is 411. The maximum Gasteiger partial charge on any atom is 0.239 e. The van der Waals surface area contributed by atoms with Crippen molar-refractivity contribution in [2.45, 2.75) is 26.4 Å². The molecule has 2 atom stereocenters. The van der Waals surface area contributed by atoms with Crippen LogP contribution in [0.4, 0.5) is 11.8 Å². The highest BCUT2D eigenvalue weighted by Gasteiger charge is 2.27. The fourth-order valence-electron chi connectivity index (χ4n) is 2.36. The Balaban J connectivity index is 2.20. The van der Waals surface area contributed by atoms with E-state index in [9.17, 15) is 0 Å². The Hall–Kier alpha value is -1.40. The smallest absolute Gasteiger partial charge is 0.239 e. The molecule has 1 aromatic rings. The minimum atomic E-state index is 0.252. The number of piperidine rings is 1. The van der Waals surface area contributed by atoms with Crippen LogP contribution in [0.5, 0.6) is 0 Å². The highest BCUT2D eigenvalue weighted by Crippen LogP contribution is 2.25. The number of hydrogen-bond acceptors (Lipinski definition) is 6. The van der Waals surface area contributed by atoms with Crippen LogP contribution >= 0.6 is 0 Å². The Morgan fingerprint density at radius 1 is 1.56 bits per heavy atom. The van der Waals surface area contributed by atoms with Gasteiger partial charge < -0.3 is 9.64 Å². The molecule has 0 saturated carbocycles. The molecule has 18 heavy (non-hydrogen) atoms. The second-order valence-corrected chi connectivity index (χ2v) is 4.83. The minimum absolute atomic E-state index is 0.252. The highest BCUT2D eigenvalue weighted by atomic mass is 16.5. The number of aromatic nitrogens is 2. The summed E-state index contributed by atoms with van der Waals surface area (Å²) < 4.78 is 5.53. The maximum atomic E-state index is 5.53. The van der Waals surface area contributed by atoms with E-state index in [1.165, 1.54) is 0 Å². The fraction of sp³-hybridized carbons (Fsp3) is 0.667. The molecule has 3 N–H and O–H groups in total. The number of methoxy groups -OCH3 is 1. The van der Waals surface area contributed by atoms with Crippen molar-refractivity contribution < 1.29 is 4.74 Å². The predicted molar refractivity (Wildman–Crippen MR) is 71.4 cm³/mol. The van der Waals surface area contributed by atoms with Crippen LogP contribution in [0.25, 0.3) is 0 Å². The third-order valence-electron chi connectivity index (χ3n) is 3.57. The number of anilines is 2. The Morgan fingerprint density at radius 2 is 2.33 bits per heavy atom. The van der Waals surface area contributed by atoms with E-state index in [-0.39, 0.29) is 6.10 Å². The van der Waals surface area contributed by atoms with E-state index >= 15 is 0 Å². The van der Waals surface area contributed by atoms with Crippen LogP contribution in [0.1, 0.15) is 18.9 Å². The third-order valence-corrected chi connectivity index (χ3v) is 3.57. The monoisotopic (exact) mass is 251 g/mol. The molecule has 6 nitrogen and oxygen atoms in total. The summed E-state index contributed by atoms with van der Waals surface area (Å²) in [5.74, 6) is 7.32. The second-order valence-electron chi connectivity index (χ2n) is 4.83. The van der Waals surface area contributed by atoms with Gasteiger partial charge >= 0.3 is 0 Å². The number of hydrogen-bond donors (Lipinski definition) is 2. The summed E-state index contributed by atoms with van der Waals surface area (Å²) in [7, 11) is 1.77. The van der Waals surface area contributed by atoms with Gasteiger partial charge in [0.1, 0.15) is 5.82 Å². The molecule has 100 valence electrons. The van der Waals surface area contributed by atoms with E-state index in [1.54, 1.807) is 13.3 Å². The summed E-state index contributed by atoms with van der Waals surface area (Å²) in [5, 5.41) is 0. The normalized spacial score (nSPS) is 24.1. The van der Waals surface area contributed by atoms with Gasteiger partial charge in [-0.1, -0.05) is 6.92 Å². The largest absolute Gasteiger partial charge is 0.379 e. The van der Waals surface area contributed by atoms with Crippen molar-refractivity contribution in [3.05, 3.63) is 11.8 Å². The molecule has 0 amide bonds. The molecule has 1 aliphatic heterocycles. The van der Waals surface area contributed by atoms with Crippen LogP contribution in [0.15, 0.2) is 6.20 Å². The van der Waals surface area contributed by atoms with Crippen LogP contribution in [0.3, 0.4) is 0 Å². The van der Waals surface area contributed by atoms with Crippen molar-refractivity contribution in [1.82, 2.24) is 9.97 Å². The molecule has 2 heterocycles. The quantitative estimate of drug-likeness (QED) is 0.615. The Morgan fingerprint density at radius 3 is 3.00 bits per heavy atom. The van der Waals surface area contributed by atoms with E-state index in [0.717, 1.165) is 30.9 Å². The lowest BCUT2D eigenvalue weighted by atomic mass is 9.95. The van der Waals surface area contributed by atoms with Crippen LogP contribution in [0, 0.1) is 12.8 Å². The highest BCUT2D eigenvalue weighted by molar-refractivity contribution is 5.49. The summed E-state index contributed by atoms with van der Waals surface area (Å²) in [6.07, 6.45) is 3.15. The lowest BCUT2D eigenvalue weighted by Gasteiger charge is -2.37. The van der Waals surface area contributed by atoms with E-state index < -0.39 is 0 Å². The van der Waals surface area contributed by atoms with Gasteiger partial charge in [-0.15, -0.1) is 0 Å². The average Bonchev–Trinajstić information content (AvgIpc) is 2.40. The molecule has 6 heteroatoms. The summed E-state index contributed by atoms with van der Waals surface area (Å²) in [6.45, 7) is 6.09. The first-order valence-corrected chi connectivity index (χ1v) is 6.23. The summed E-state index contributed by atoms with van der Waals surface area (Å²) in [6, 6.07) is 0. The lowest BCUT2D eigenvalue weighted by Crippen LogP contribution is -2.44. The van der Waals surface area contributed by atoms with Crippen LogP contribution < -0.4 is 16.2 Å². The van der Waals surface area contributed by atoms with Crippen molar-refractivity contribution in [2.75, 3.05) is 30.5 Å². The van der Waals surface area contributed by atoms with Gasteiger partial charge in [-0.05, 0) is 19.3 Å². The standard InChI is InChI=1S/C12H21N5O/c1-8-4-5-17(7-10(8)18-3)11-9(2)6-14-12(15-11)16-13/h6,8,10H,4-5,7,13H2,1-3H3,(H,14,15,16). The van der Waals surface area contributed by atoms with E-state index in [1.807, 2.05) is 6.92 Å². The lowest BCUT2D eigenvalue weighted by molar-refractivity contribution is 0.0496.